The lowest BCUT2D eigenvalue weighted by atomic mass is 9.92. The minimum absolute atomic E-state index is 0.00134. The van der Waals surface area contributed by atoms with Gasteiger partial charge in [-0.2, -0.15) is 0 Å². The quantitative estimate of drug-likeness (QED) is 0.0376. The van der Waals surface area contributed by atoms with Crippen molar-refractivity contribution in [3.63, 3.8) is 0 Å². The van der Waals surface area contributed by atoms with Gasteiger partial charge in [-0.05, 0) is 95.8 Å². The molecule has 57 heavy (non-hydrogen) atoms. The molecule has 4 N–H and O–H groups in total. The molecular weight excluding hydrogens is 765 g/mol. The number of ether oxygens (including phenoxy) is 2. The second-order valence-corrected chi connectivity index (χ2v) is 17.7. The minimum atomic E-state index is -3.74. The van der Waals surface area contributed by atoms with Crippen LogP contribution in [0.1, 0.15) is 104 Å². The molecule has 1 saturated carbocycles. The van der Waals surface area contributed by atoms with Gasteiger partial charge in [0.05, 0.1) is 17.6 Å². The molecule has 1 fully saturated rings. The SMILES string of the molecule is C=C(NC[C@@H](O)CC)[C@@H](NC(=O)C1(c2ccc3c(c2)OC(F)(F)O3)CC1)C(C)(C)SSCCNC(=O)CC/C=C\C/C=C\C/C=C\C/C=C\C/C=C\C/C=C\CC. The van der Waals surface area contributed by atoms with Gasteiger partial charge in [-0.15, -0.1) is 8.78 Å². The Hall–Kier alpha value is -3.74. The number of rotatable bonds is 28. The molecule has 0 aromatic heterocycles. The van der Waals surface area contributed by atoms with Crippen LogP contribution < -0.4 is 25.4 Å². The fourth-order valence-electron chi connectivity index (χ4n) is 5.88. The van der Waals surface area contributed by atoms with Gasteiger partial charge < -0.3 is 30.5 Å². The largest absolute Gasteiger partial charge is 0.586 e. The van der Waals surface area contributed by atoms with Crippen LogP contribution >= 0.6 is 21.6 Å². The lowest BCUT2D eigenvalue weighted by Gasteiger charge is -2.37. The van der Waals surface area contributed by atoms with Gasteiger partial charge in [0, 0.05) is 35.7 Å². The molecule has 1 aliphatic carbocycles. The molecule has 2 atom stereocenters. The van der Waals surface area contributed by atoms with Crippen LogP contribution in [0, 0.1) is 0 Å². The summed E-state index contributed by atoms with van der Waals surface area (Å²) >= 11 is 0. The van der Waals surface area contributed by atoms with E-state index in [0.717, 1.165) is 38.5 Å². The summed E-state index contributed by atoms with van der Waals surface area (Å²) in [6.45, 7) is 13.0. The van der Waals surface area contributed by atoms with Crippen molar-refractivity contribution in [2.24, 2.45) is 0 Å². The normalized spacial score (nSPS) is 17.0. The standard InChI is InChI=1S/C45H63F2N3O5S2/c1-6-8-9-10-11-12-13-14-15-16-17-18-19-20-21-22-23-24-25-26-40(52)48-31-32-56-57-43(4,5)41(35(3)49-34-37(51)7-2)50-42(53)44(29-30-44)36-27-28-38-39(33-36)55-45(46,47)54-38/h8-9,11-12,14-15,17-18,20-21,23-24,27-28,33,37,41,49,51H,3,6-7,10,13,16,19,22,25-26,29-32,34H2,1-2,4-5H3,(H,48,52)(H,50,53)/b9-8-,12-11-,15-14-,18-17-,21-20-,24-23-/t37-,41+/m0/s1. The van der Waals surface area contributed by atoms with E-state index in [1.54, 1.807) is 27.7 Å². The number of carbonyl (C=O) groups excluding carboxylic acids is 2. The Morgan fingerprint density at radius 3 is 2.00 bits per heavy atom. The van der Waals surface area contributed by atoms with E-state index in [9.17, 15) is 23.5 Å². The molecule has 0 radical (unpaired) electrons. The zero-order valence-electron chi connectivity index (χ0n) is 34.1. The molecule has 3 rings (SSSR count). The van der Waals surface area contributed by atoms with Crippen molar-refractivity contribution in [2.45, 2.75) is 127 Å². The number of aliphatic hydroxyl groups excluding tert-OH is 1. The summed E-state index contributed by atoms with van der Waals surface area (Å²) in [6, 6.07) is 3.95. The fraction of sp³-hybridized carbons (Fsp3) is 0.511. The van der Waals surface area contributed by atoms with E-state index in [1.165, 1.54) is 12.1 Å². The number of fused-ring (bicyclic) bond motifs is 1. The number of halogens is 2. The first-order valence-corrected chi connectivity index (χ1v) is 22.4. The maximum Gasteiger partial charge on any atom is 0.586 e. The third-order valence-corrected chi connectivity index (χ3v) is 12.7. The van der Waals surface area contributed by atoms with Gasteiger partial charge in [-0.1, -0.05) is 121 Å². The highest BCUT2D eigenvalue weighted by atomic mass is 33.1. The smallest absolute Gasteiger partial charge is 0.395 e. The molecular formula is C45H63F2N3O5S2. The summed E-state index contributed by atoms with van der Waals surface area (Å²) in [7, 11) is 3.16. The van der Waals surface area contributed by atoms with Crippen molar-refractivity contribution in [2.75, 3.05) is 18.8 Å². The van der Waals surface area contributed by atoms with Gasteiger partial charge in [0.1, 0.15) is 0 Å². The van der Waals surface area contributed by atoms with E-state index in [0.29, 0.717) is 55.7 Å². The second-order valence-electron chi connectivity index (χ2n) is 14.6. The van der Waals surface area contributed by atoms with Crippen LogP contribution in [0.3, 0.4) is 0 Å². The van der Waals surface area contributed by atoms with E-state index in [2.05, 4.69) is 106 Å². The van der Waals surface area contributed by atoms with Crippen molar-refractivity contribution in [3.8, 4) is 11.5 Å². The van der Waals surface area contributed by atoms with Crippen LogP contribution in [-0.4, -0.2) is 59.0 Å². The van der Waals surface area contributed by atoms with Crippen LogP contribution in [0.15, 0.2) is 103 Å². The number of amides is 2. The summed E-state index contributed by atoms with van der Waals surface area (Å²) < 4.78 is 36.0. The molecule has 0 spiro atoms. The Bertz CT molecular complexity index is 1620. The van der Waals surface area contributed by atoms with Crippen molar-refractivity contribution < 1.29 is 33.0 Å². The van der Waals surface area contributed by atoms with Gasteiger partial charge >= 0.3 is 6.29 Å². The summed E-state index contributed by atoms with van der Waals surface area (Å²) in [5.41, 5.74) is 0.244. The van der Waals surface area contributed by atoms with Crippen LogP contribution in [0.2, 0.25) is 0 Å². The third-order valence-electron chi connectivity index (χ3n) is 9.41. The highest BCUT2D eigenvalue weighted by molar-refractivity contribution is 8.77. The van der Waals surface area contributed by atoms with E-state index >= 15 is 0 Å². The number of hydrogen-bond donors (Lipinski definition) is 4. The topological polar surface area (TPSA) is 109 Å². The van der Waals surface area contributed by atoms with E-state index in [-0.39, 0.29) is 29.9 Å². The molecule has 0 saturated heterocycles. The number of carbonyl (C=O) groups is 2. The van der Waals surface area contributed by atoms with Crippen molar-refractivity contribution in [1.29, 1.82) is 0 Å². The Balaban J connectivity index is 1.36. The van der Waals surface area contributed by atoms with Crippen LogP contribution in [0.4, 0.5) is 8.78 Å². The fourth-order valence-corrected chi connectivity index (χ4v) is 8.45. The van der Waals surface area contributed by atoms with Gasteiger partial charge in [0.2, 0.25) is 11.8 Å². The number of alkyl halides is 2. The summed E-state index contributed by atoms with van der Waals surface area (Å²) in [5, 5.41) is 19.6. The van der Waals surface area contributed by atoms with Crippen LogP contribution in [0.25, 0.3) is 0 Å². The maximum atomic E-state index is 13.9. The Kier molecular flexibility index (Phi) is 20.8. The van der Waals surface area contributed by atoms with Gasteiger partial charge in [0.15, 0.2) is 11.5 Å². The van der Waals surface area contributed by atoms with Crippen molar-refractivity contribution in [1.82, 2.24) is 16.0 Å². The lowest BCUT2D eigenvalue weighted by molar-refractivity contribution is -0.286. The predicted molar refractivity (Wildman–Crippen MR) is 234 cm³/mol. The number of hydrogen-bond acceptors (Lipinski definition) is 8. The second kappa shape index (κ2) is 24.9. The first-order chi connectivity index (χ1) is 27.3. The Morgan fingerprint density at radius 1 is 0.877 bits per heavy atom. The highest BCUT2D eigenvalue weighted by Gasteiger charge is 2.54. The first-order valence-electron chi connectivity index (χ1n) is 20.1. The van der Waals surface area contributed by atoms with Crippen molar-refractivity contribution >= 4 is 33.4 Å². The van der Waals surface area contributed by atoms with Gasteiger partial charge in [0.25, 0.3) is 0 Å². The van der Waals surface area contributed by atoms with Crippen molar-refractivity contribution in [3.05, 3.63) is 109 Å². The number of nitrogens with one attached hydrogen (secondary N) is 3. The first kappa shape index (κ1) is 47.6. The van der Waals surface area contributed by atoms with E-state index < -0.39 is 28.6 Å². The zero-order valence-corrected chi connectivity index (χ0v) is 35.7. The summed E-state index contributed by atoms with van der Waals surface area (Å²) in [4.78, 5) is 26.3. The molecule has 1 aromatic rings. The Morgan fingerprint density at radius 2 is 1.44 bits per heavy atom. The molecule has 2 amide bonds. The Labute approximate surface area is 347 Å². The monoisotopic (exact) mass is 827 g/mol. The average molecular weight is 828 g/mol. The molecule has 1 heterocycles. The van der Waals surface area contributed by atoms with Crippen LogP contribution in [-0.2, 0) is 15.0 Å². The molecule has 12 heteroatoms. The molecule has 2 aliphatic rings. The summed E-state index contributed by atoms with van der Waals surface area (Å²) in [6.07, 6.45) is 30.1. The van der Waals surface area contributed by atoms with Gasteiger partial charge in [-0.3, -0.25) is 9.59 Å². The minimum Gasteiger partial charge on any atom is -0.395 e. The molecule has 8 nitrogen and oxygen atoms in total. The van der Waals surface area contributed by atoms with Crippen LogP contribution in [0.5, 0.6) is 11.5 Å². The molecule has 1 aromatic carbocycles. The number of aliphatic hydroxyl groups is 1. The predicted octanol–water partition coefficient (Wildman–Crippen LogP) is 10.2. The zero-order chi connectivity index (χ0) is 41.6. The highest BCUT2D eigenvalue weighted by Crippen LogP contribution is 2.52. The van der Waals surface area contributed by atoms with E-state index in [1.807, 2.05) is 26.8 Å². The maximum absolute atomic E-state index is 13.9. The van der Waals surface area contributed by atoms with Gasteiger partial charge in [-0.25, -0.2) is 0 Å². The average Bonchev–Trinajstić information content (AvgIpc) is 3.93. The third kappa shape index (κ3) is 17.3. The molecule has 314 valence electrons. The molecule has 0 unspecified atom stereocenters. The van der Waals surface area contributed by atoms with E-state index in [4.69, 9.17) is 0 Å². The number of benzene rings is 1. The summed E-state index contributed by atoms with van der Waals surface area (Å²) in [5.74, 6) is 0.246. The number of allylic oxidation sites excluding steroid dienone is 12. The lowest BCUT2D eigenvalue weighted by Crippen LogP contribution is -2.53. The molecule has 1 aliphatic heterocycles. The molecule has 0 bridgehead atoms.